The van der Waals surface area contributed by atoms with Crippen LogP contribution in [0.4, 0.5) is 0 Å². The Morgan fingerprint density at radius 1 is 1.06 bits per heavy atom. The van der Waals surface area contributed by atoms with Gasteiger partial charge in [0.15, 0.2) is 0 Å². The first kappa shape index (κ1) is 16.4. The maximum absolute atomic E-state index is 5.30. The van der Waals surface area contributed by atoms with E-state index in [2.05, 4.69) is 4.99 Å². The highest BCUT2D eigenvalue weighted by Crippen LogP contribution is 2.14. The van der Waals surface area contributed by atoms with E-state index in [0.29, 0.717) is 25.3 Å². The smallest absolute Gasteiger partial charge is 0.454 e. The van der Waals surface area contributed by atoms with Crippen LogP contribution in [0.5, 0.6) is 0 Å². The van der Waals surface area contributed by atoms with E-state index in [1.54, 1.807) is 21.3 Å². The van der Waals surface area contributed by atoms with Crippen LogP contribution in [0, 0.1) is 0 Å². The summed E-state index contributed by atoms with van der Waals surface area (Å²) in [7, 11) is 3.87. The van der Waals surface area contributed by atoms with Crippen LogP contribution in [0.25, 0.3) is 0 Å². The molecule has 0 amide bonds. The van der Waals surface area contributed by atoms with E-state index in [1.165, 1.54) is 7.11 Å². The molecule has 0 radical (unpaired) electrons. The molecular formula is C10H23NO5Si. The molecule has 0 saturated heterocycles. The molecule has 0 rings (SSSR count). The lowest BCUT2D eigenvalue weighted by atomic mass is 10.5. The van der Waals surface area contributed by atoms with E-state index in [1.807, 2.05) is 6.92 Å². The van der Waals surface area contributed by atoms with Gasteiger partial charge in [-0.3, -0.25) is 0 Å². The second-order valence-corrected chi connectivity index (χ2v) is 6.27. The zero-order chi connectivity index (χ0) is 13.1. The van der Waals surface area contributed by atoms with Crippen molar-refractivity contribution >= 4 is 14.9 Å². The molecule has 102 valence electrons. The Balaban J connectivity index is 4.03. The Bertz CT molecular complexity index is 212. The standard InChI is InChI=1S/C10H23NO5Si/c1-6-16-10(12-2)11-8-7-9-17(13-3,14-4)15-5/h6-9H2,1-5H3. The molecule has 0 spiro atoms. The quantitative estimate of drug-likeness (QED) is 0.286. The molecule has 7 heteroatoms. The average Bonchev–Trinajstić information content (AvgIpc) is 2.38. The van der Waals surface area contributed by atoms with Gasteiger partial charge < -0.3 is 22.8 Å². The Kier molecular flexibility index (Phi) is 9.05. The summed E-state index contributed by atoms with van der Waals surface area (Å²) in [5.41, 5.74) is 0. The number of aliphatic imine (C=N–C) groups is 1. The van der Waals surface area contributed by atoms with Crippen LogP contribution >= 0.6 is 0 Å². The van der Waals surface area contributed by atoms with Crippen LogP contribution < -0.4 is 0 Å². The van der Waals surface area contributed by atoms with Crippen molar-refractivity contribution < 1.29 is 22.8 Å². The lowest BCUT2D eigenvalue weighted by Crippen LogP contribution is -2.42. The van der Waals surface area contributed by atoms with Crippen LogP contribution in [0.1, 0.15) is 13.3 Å². The normalized spacial score (nSPS) is 12.6. The second-order valence-electron chi connectivity index (χ2n) is 3.18. The Hall–Kier alpha value is -0.633. The molecule has 0 aromatic carbocycles. The van der Waals surface area contributed by atoms with E-state index in [-0.39, 0.29) is 0 Å². The maximum Gasteiger partial charge on any atom is 0.500 e. The monoisotopic (exact) mass is 265 g/mol. The molecular weight excluding hydrogens is 242 g/mol. The van der Waals surface area contributed by atoms with Crippen LogP contribution in [0.2, 0.25) is 6.04 Å². The second kappa shape index (κ2) is 9.40. The number of nitrogens with zero attached hydrogens (tertiary/aromatic N) is 1. The fraction of sp³-hybridized carbons (Fsp3) is 0.900. The average molecular weight is 265 g/mol. The van der Waals surface area contributed by atoms with Gasteiger partial charge in [-0.1, -0.05) is 0 Å². The van der Waals surface area contributed by atoms with Gasteiger partial charge in [-0.05, 0) is 13.3 Å². The molecule has 0 fully saturated rings. The molecule has 0 aromatic rings. The molecule has 6 nitrogen and oxygen atoms in total. The molecule has 0 unspecified atom stereocenters. The minimum Gasteiger partial charge on any atom is -0.454 e. The van der Waals surface area contributed by atoms with Crippen molar-refractivity contribution in [1.29, 1.82) is 0 Å². The van der Waals surface area contributed by atoms with Gasteiger partial charge in [0.2, 0.25) is 0 Å². The number of ether oxygens (including phenoxy) is 2. The molecule has 0 aliphatic carbocycles. The summed E-state index contributed by atoms with van der Waals surface area (Å²) in [6.45, 7) is 3.01. The zero-order valence-electron chi connectivity index (χ0n) is 11.3. The van der Waals surface area contributed by atoms with Crippen molar-refractivity contribution in [1.82, 2.24) is 0 Å². The molecule has 0 saturated carbocycles. The number of hydrogen-bond acceptors (Lipinski definition) is 6. The fourth-order valence-electron chi connectivity index (χ4n) is 1.31. The highest BCUT2D eigenvalue weighted by molar-refractivity contribution is 6.60. The van der Waals surface area contributed by atoms with Crippen LogP contribution in [0.15, 0.2) is 4.99 Å². The topological polar surface area (TPSA) is 58.5 Å². The van der Waals surface area contributed by atoms with E-state index in [4.69, 9.17) is 22.8 Å². The lowest BCUT2D eigenvalue weighted by molar-refractivity contribution is 0.123. The molecule has 0 bridgehead atoms. The molecule has 0 aliphatic heterocycles. The van der Waals surface area contributed by atoms with Crippen LogP contribution in [-0.2, 0) is 22.8 Å². The van der Waals surface area contributed by atoms with Gasteiger partial charge in [0.1, 0.15) is 0 Å². The Morgan fingerprint density at radius 3 is 2.06 bits per heavy atom. The van der Waals surface area contributed by atoms with Crippen molar-refractivity contribution in [3.8, 4) is 0 Å². The Labute approximate surface area is 104 Å². The first-order valence-electron chi connectivity index (χ1n) is 5.54. The third kappa shape index (κ3) is 6.01. The van der Waals surface area contributed by atoms with E-state index in [9.17, 15) is 0 Å². The number of hydrogen-bond donors (Lipinski definition) is 0. The molecule has 0 N–H and O–H groups in total. The highest BCUT2D eigenvalue weighted by Gasteiger charge is 2.36. The van der Waals surface area contributed by atoms with Crippen LogP contribution in [0.3, 0.4) is 0 Å². The van der Waals surface area contributed by atoms with Gasteiger partial charge in [-0.15, -0.1) is 0 Å². The van der Waals surface area contributed by atoms with Crippen molar-refractivity contribution in [2.45, 2.75) is 19.4 Å². The third-order valence-corrected chi connectivity index (χ3v) is 5.09. The van der Waals surface area contributed by atoms with Crippen molar-refractivity contribution in [3.05, 3.63) is 0 Å². The number of methoxy groups -OCH3 is 1. The van der Waals surface area contributed by atoms with Crippen molar-refractivity contribution in [2.75, 3.05) is 41.6 Å². The van der Waals surface area contributed by atoms with Gasteiger partial charge >= 0.3 is 14.9 Å². The largest absolute Gasteiger partial charge is 0.500 e. The zero-order valence-corrected chi connectivity index (χ0v) is 12.3. The minimum atomic E-state index is -2.47. The minimum absolute atomic E-state index is 0.312. The third-order valence-electron chi connectivity index (χ3n) is 2.26. The predicted octanol–water partition coefficient (Wildman–Crippen LogP) is 1.29. The van der Waals surface area contributed by atoms with Crippen molar-refractivity contribution in [3.63, 3.8) is 0 Å². The summed E-state index contributed by atoms with van der Waals surface area (Å²) >= 11 is 0. The molecule has 0 heterocycles. The summed E-state index contributed by atoms with van der Waals surface area (Å²) in [5, 5.41) is 0. The van der Waals surface area contributed by atoms with E-state index < -0.39 is 8.80 Å². The molecule has 0 atom stereocenters. The van der Waals surface area contributed by atoms with Gasteiger partial charge in [0.25, 0.3) is 0 Å². The SMILES string of the molecule is CCOC(=NCCC[Si](OC)(OC)OC)OC. The summed E-state index contributed by atoms with van der Waals surface area (Å²) in [6.07, 6.45) is 1.11. The molecule has 0 aromatic heterocycles. The van der Waals surface area contributed by atoms with Gasteiger partial charge in [-0.25, -0.2) is 4.99 Å². The molecule has 17 heavy (non-hydrogen) atoms. The summed E-state index contributed by atoms with van der Waals surface area (Å²) in [5.74, 6) is 0. The first-order valence-corrected chi connectivity index (χ1v) is 7.47. The van der Waals surface area contributed by atoms with Crippen LogP contribution in [-0.4, -0.2) is 56.5 Å². The lowest BCUT2D eigenvalue weighted by Gasteiger charge is -2.23. The van der Waals surface area contributed by atoms with E-state index in [0.717, 1.165) is 6.42 Å². The van der Waals surface area contributed by atoms with Crippen molar-refractivity contribution in [2.24, 2.45) is 4.99 Å². The molecule has 0 aliphatic rings. The van der Waals surface area contributed by atoms with Gasteiger partial charge in [0, 0.05) is 33.9 Å². The summed E-state index contributed by atoms with van der Waals surface area (Å²) < 4.78 is 26.0. The van der Waals surface area contributed by atoms with E-state index >= 15 is 0 Å². The summed E-state index contributed by atoms with van der Waals surface area (Å²) in [6, 6.07) is 0.711. The summed E-state index contributed by atoms with van der Waals surface area (Å²) in [4.78, 5) is 4.17. The highest BCUT2D eigenvalue weighted by atomic mass is 28.4. The van der Waals surface area contributed by atoms with Gasteiger partial charge in [-0.2, -0.15) is 0 Å². The predicted molar refractivity (Wildman–Crippen MR) is 67.1 cm³/mol. The fourth-order valence-corrected chi connectivity index (χ4v) is 3.02. The first-order chi connectivity index (χ1) is 8.17. The number of rotatable bonds is 8. The maximum atomic E-state index is 5.30. The van der Waals surface area contributed by atoms with Gasteiger partial charge in [0.05, 0.1) is 13.7 Å². The Morgan fingerprint density at radius 2 is 1.65 bits per heavy atom.